The standard InChI is InChI=1S/C25H29N3O5/c26-23(30)22(19-12-7-13-20(29)15-19)28-24(31)21(14-17-8-3-1-4-9-17)27-25(32)33-16-18-10-5-2-6-11-18/h1-6,8-11,19,21-22H,7,12-16H2,(H2,26,30)(H,27,32)(H,28,31)/t19-,21-,22+/m1/s1. The number of carbonyl (C=O) groups excluding carboxylic acids is 4. The van der Waals surface area contributed by atoms with Crippen molar-refractivity contribution in [1.82, 2.24) is 10.6 Å². The van der Waals surface area contributed by atoms with E-state index < -0.39 is 30.0 Å². The Bertz CT molecular complexity index is 965. The minimum absolute atomic E-state index is 0.0511. The van der Waals surface area contributed by atoms with Crippen LogP contribution in [-0.4, -0.2) is 35.8 Å². The van der Waals surface area contributed by atoms with Crippen LogP contribution in [0.5, 0.6) is 0 Å². The molecule has 174 valence electrons. The molecule has 3 atom stereocenters. The molecule has 0 spiro atoms. The van der Waals surface area contributed by atoms with Crippen LogP contribution in [0.3, 0.4) is 0 Å². The summed E-state index contributed by atoms with van der Waals surface area (Å²) >= 11 is 0. The Balaban J connectivity index is 1.68. The third kappa shape index (κ3) is 7.45. The first-order valence-electron chi connectivity index (χ1n) is 11.0. The Labute approximate surface area is 192 Å². The van der Waals surface area contributed by atoms with E-state index in [1.807, 2.05) is 60.7 Å². The first-order valence-corrected chi connectivity index (χ1v) is 11.0. The number of hydrogen-bond acceptors (Lipinski definition) is 5. The molecule has 0 aromatic heterocycles. The van der Waals surface area contributed by atoms with E-state index in [4.69, 9.17) is 10.5 Å². The molecule has 2 aromatic carbocycles. The maximum Gasteiger partial charge on any atom is 0.408 e. The summed E-state index contributed by atoms with van der Waals surface area (Å²) in [5.41, 5.74) is 7.19. The van der Waals surface area contributed by atoms with E-state index in [2.05, 4.69) is 10.6 Å². The molecule has 1 aliphatic rings. The number of nitrogens with one attached hydrogen (secondary N) is 2. The summed E-state index contributed by atoms with van der Waals surface area (Å²) < 4.78 is 5.26. The number of ether oxygens (including phenoxy) is 1. The number of amides is 3. The molecule has 1 saturated carbocycles. The second kappa shape index (κ2) is 11.8. The minimum atomic E-state index is -0.989. The van der Waals surface area contributed by atoms with Gasteiger partial charge in [-0.2, -0.15) is 0 Å². The molecular formula is C25H29N3O5. The first kappa shape index (κ1) is 24.0. The highest BCUT2D eigenvalue weighted by atomic mass is 16.5. The summed E-state index contributed by atoms with van der Waals surface area (Å²) in [6.45, 7) is 0.0560. The third-order valence-electron chi connectivity index (χ3n) is 5.70. The van der Waals surface area contributed by atoms with Crippen LogP contribution >= 0.6 is 0 Å². The predicted octanol–water partition coefficient (Wildman–Crippen LogP) is 2.25. The zero-order valence-corrected chi connectivity index (χ0v) is 18.4. The van der Waals surface area contributed by atoms with E-state index >= 15 is 0 Å². The molecule has 1 fully saturated rings. The third-order valence-corrected chi connectivity index (χ3v) is 5.70. The lowest BCUT2D eigenvalue weighted by atomic mass is 9.82. The first-order chi connectivity index (χ1) is 15.9. The molecule has 0 unspecified atom stereocenters. The average molecular weight is 452 g/mol. The van der Waals surface area contributed by atoms with E-state index in [0.29, 0.717) is 19.3 Å². The Morgan fingerprint density at radius 2 is 1.61 bits per heavy atom. The van der Waals surface area contributed by atoms with E-state index in [0.717, 1.165) is 11.1 Å². The molecule has 0 radical (unpaired) electrons. The Morgan fingerprint density at radius 1 is 0.970 bits per heavy atom. The van der Waals surface area contributed by atoms with Gasteiger partial charge in [0.15, 0.2) is 0 Å². The van der Waals surface area contributed by atoms with Crippen molar-refractivity contribution in [3.8, 4) is 0 Å². The van der Waals surface area contributed by atoms with Crippen LogP contribution in [0.25, 0.3) is 0 Å². The van der Waals surface area contributed by atoms with Gasteiger partial charge in [-0.25, -0.2) is 4.79 Å². The Kier molecular flexibility index (Phi) is 8.57. The van der Waals surface area contributed by atoms with Crippen LogP contribution in [0.2, 0.25) is 0 Å². The highest BCUT2D eigenvalue weighted by molar-refractivity contribution is 5.91. The van der Waals surface area contributed by atoms with Crippen LogP contribution < -0.4 is 16.4 Å². The molecule has 0 aliphatic heterocycles. The summed E-state index contributed by atoms with van der Waals surface area (Å²) in [5, 5.41) is 5.27. The van der Waals surface area contributed by atoms with Crippen molar-refractivity contribution in [2.75, 3.05) is 0 Å². The van der Waals surface area contributed by atoms with E-state index in [-0.39, 0.29) is 31.1 Å². The summed E-state index contributed by atoms with van der Waals surface area (Å²) in [6, 6.07) is 16.4. The molecule has 3 rings (SSSR count). The summed E-state index contributed by atoms with van der Waals surface area (Å²) in [7, 11) is 0. The molecule has 2 aromatic rings. The fourth-order valence-corrected chi connectivity index (χ4v) is 3.98. The Hall–Kier alpha value is -3.68. The van der Waals surface area contributed by atoms with Gasteiger partial charge in [0.1, 0.15) is 24.5 Å². The van der Waals surface area contributed by atoms with E-state index in [9.17, 15) is 19.2 Å². The van der Waals surface area contributed by atoms with Gasteiger partial charge in [0.25, 0.3) is 0 Å². The van der Waals surface area contributed by atoms with Crippen LogP contribution in [0.15, 0.2) is 60.7 Å². The van der Waals surface area contributed by atoms with Crippen LogP contribution in [0.4, 0.5) is 4.79 Å². The molecule has 0 saturated heterocycles. The molecule has 3 amide bonds. The maximum absolute atomic E-state index is 13.1. The smallest absolute Gasteiger partial charge is 0.408 e. The normalized spacial score (nSPS) is 17.5. The van der Waals surface area contributed by atoms with Crippen molar-refractivity contribution in [2.24, 2.45) is 11.7 Å². The van der Waals surface area contributed by atoms with Crippen molar-refractivity contribution in [2.45, 2.75) is 50.8 Å². The second-order valence-corrected chi connectivity index (χ2v) is 8.23. The Morgan fingerprint density at radius 3 is 2.21 bits per heavy atom. The number of nitrogens with two attached hydrogens (primary N) is 1. The van der Waals surface area contributed by atoms with Gasteiger partial charge in [0, 0.05) is 19.3 Å². The van der Waals surface area contributed by atoms with Gasteiger partial charge in [-0.3, -0.25) is 14.4 Å². The highest BCUT2D eigenvalue weighted by Gasteiger charge is 2.34. The molecular weight excluding hydrogens is 422 g/mol. The summed E-state index contributed by atoms with van der Waals surface area (Å²) in [5.74, 6) is -1.56. The van der Waals surface area contributed by atoms with Crippen molar-refractivity contribution in [1.29, 1.82) is 0 Å². The molecule has 1 aliphatic carbocycles. The van der Waals surface area contributed by atoms with Crippen molar-refractivity contribution in [3.63, 3.8) is 0 Å². The van der Waals surface area contributed by atoms with Gasteiger partial charge < -0.3 is 21.1 Å². The zero-order chi connectivity index (χ0) is 23.6. The lowest BCUT2D eigenvalue weighted by molar-refractivity contribution is -0.131. The maximum atomic E-state index is 13.1. The fourth-order valence-electron chi connectivity index (χ4n) is 3.98. The van der Waals surface area contributed by atoms with Crippen molar-refractivity contribution < 1.29 is 23.9 Å². The number of primary amides is 1. The summed E-state index contributed by atoms with van der Waals surface area (Å²) in [6.07, 6.45) is 1.39. The minimum Gasteiger partial charge on any atom is -0.445 e. The molecule has 0 heterocycles. The van der Waals surface area contributed by atoms with Gasteiger partial charge in [-0.05, 0) is 29.9 Å². The predicted molar refractivity (Wildman–Crippen MR) is 122 cm³/mol. The van der Waals surface area contributed by atoms with Crippen LogP contribution in [0, 0.1) is 5.92 Å². The average Bonchev–Trinajstić information content (AvgIpc) is 2.82. The lowest BCUT2D eigenvalue weighted by Gasteiger charge is -2.29. The van der Waals surface area contributed by atoms with Crippen LogP contribution in [-0.2, 0) is 32.1 Å². The van der Waals surface area contributed by atoms with Gasteiger partial charge in [-0.15, -0.1) is 0 Å². The number of alkyl carbamates (subject to hydrolysis) is 1. The SMILES string of the molecule is NC(=O)[C@@H](NC(=O)[C@@H](Cc1ccccc1)NC(=O)OCc1ccccc1)[C@@H]1CCCC(=O)C1. The lowest BCUT2D eigenvalue weighted by Crippen LogP contribution is -2.56. The van der Waals surface area contributed by atoms with Gasteiger partial charge >= 0.3 is 6.09 Å². The van der Waals surface area contributed by atoms with Crippen LogP contribution in [0.1, 0.15) is 36.8 Å². The molecule has 33 heavy (non-hydrogen) atoms. The van der Waals surface area contributed by atoms with Gasteiger partial charge in [-0.1, -0.05) is 60.7 Å². The van der Waals surface area contributed by atoms with Crippen molar-refractivity contribution >= 4 is 23.7 Å². The van der Waals surface area contributed by atoms with Gasteiger partial charge in [0.05, 0.1) is 0 Å². The number of hydrogen-bond donors (Lipinski definition) is 3. The molecule has 8 heteroatoms. The number of ketones is 1. The largest absolute Gasteiger partial charge is 0.445 e. The monoisotopic (exact) mass is 451 g/mol. The summed E-state index contributed by atoms with van der Waals surface area (Å²) in [4.78, 5) is 49.5. The van der Waals surface area contributed by atoms with E-state index in [1.54, 1.807) is 0 Å². The zero-order valence-electron chi connectivity index (χ0n) is 18.4. The number of Topliss-reactive ketones (excluding diaryl/α,β-unsaturated/α-hetero) is 1. The number of benzene rings is 2. The van der Waals surface area contributed by atoms with E-state index in [1.165, 1.54) is 0 Å². The molecule has 0 bridgehead atoms. The highest BCUT2D eigenvalue weighted by Crippen LogP contribution is 2.24. The number of carbonyl (C=O) groups is 4. The molecule has 4 N–H and O–H groups in total. The second-order valence-electron chi connectivity index (χ2n) is 8.23. The van der Waals surface area contributed by atoms with Crippen molar-refractivity contribution in [3.05, 3.63) is 71.8 Å². The fraction of sp³-hybridized carbons (Fsp3) is 0.360. The molecule has 8 nitrogen and oxygen atoms in total. The quantitative estimate of drug-likeness (QED) is 0.539. The topological polar surface area (TPSA) is 128 Å². The van der Waals surface area contributed by atoms with Gasteiger partial charge in [0.2, 0.25) is 11.8 Å². The number of rotatable bonds is 9.